The molecule has 2 rings (SSSR count). The van der Waals surface area contributed by atoms with Gasteiger partial charge in [0.05, 0.1) is 4.90 Å². The van der Waals surface area contributed by atoms with E-state index in [0.29, 0.717) is 5.92 Å². The molecule has 0 radical (unpaired) electrons. The monoisotopic (exact) mass is 277 g/mol. The second-order valence-electron chi connectivity index (χ2n) is 5.99. The first kappa shape index (κ1) is 14.4. The van der Waals surface area contributed by atoms with Crippen molar-refractivity contribution in [2.75, 3.05) is 0 Å². The fourth-order valence-corrected chi connectivity index (χ4v) is 3.76. The maximum atomic E-state index is 12.1. The Kier molecular flexibility index (Phi) is 4.92. The highest BCUT2D eigenvalue weighted by Crippen LogP contribution is 2.31. The number of hydrogen-bond donors (Lipinski definition) is 0. The van der Waals surface area contributed by atoms with Crippen molar-refractivity contribution in [2.45, 2.75) is 44.9 Å². The summed E-state index contributed by atoms with van der Waals surface area (Å²) in [5, 5.41) is 0. The van der Waals surface area contributed by atoms with Crippen LogP contribution in [0.4, 0.5) is 0 Å². The zero-order chi connectivity index (χ0) is 13.8. The van der Waals surface area contributed by atoms with E-state index < -0.39 is 11.0 Å². The Bertz CT molecular complexity index is 456. The van der Waals surface area contributed by atoms with Gasteiger partial charge in [-0.25, -0.2) is 4.21 Å². The molecule has 0 aromatic heterocycles. The predicted molar refractivity (Wildman–Crippen MR) is 81.7 cm³/mol. The summed E-state index contributed by atoms with van der Waals surface area (Å²) in [6, 6.07) is 7.75. The minimum absolute atomic E-state index is 0.494. The van der Waals surface area contributed by atoms with Crippen LogP contribution in [0.1, 0.15) is 38.7 Å². The fraction of sp³-hybridized carbons (Fsp3) is 0.562. The molecule has 0 saturated heterocycles. The van der Waals surface area contributed by atoms with Gasteiger partial charge in [0.15, 0.2) is 11.0 Å². The molecule has 0 heterocycles. The Morgan fingerprint density at radius 2 is 1.68 bits per heavy atom. The molecule has 1 aromatic carbocycles. The van der Waals surface area contributed by atoms with Crippen molar-refractivity contribution < 1.29 is 4.21 Å². The maximum Gasteiger partial charge on any atom is 0.172 e. The van der Waals surface area contributed by atoms with Gasteiger partial charge in [-0.2, -0.15) is 4.40 Å². The van der Waals surface area contributed by atoms with Crippen LogP contribution in [0.2, 0.25) is 0 Å². The summed E-state index contributed by atoms with van der Waals surface area (Å²) in [4.78, 5) is 0.791. The second-order valence-corrected chi connectivity index (χ2v) is 7.17. The zero-order valence-electron chi connectivity index (χ0n) is 12.0. The van der Waals surface area contributed by atoms with Crippen molar-refractivity contribution >= 4 is 17.2 Å². The van der Waals surface area contributed by atoms with E-state index in [9.17, 15) is 4.21 Å². The molecule has 1 aliphatic rings. The van der Waals surface area contributed by atoms with Gasteiger partial charge in [0.1, 0.15) is 0 Å². The van der Waals surface area contributed by atoms with Gasteiger partial charge in [0.25, 0.3) is 0 Å². The molecule has 0 spiro atoms. The lowest BCUT2D eigenvalue weighted by Crippen LogP contribution is -2.20. The molecule has 1 fully saturated rings. The average molecular weight is 277 g/mol. The van der Waals surface area contributed by atoms with Crippen LogP contribution in [0.15, 0.2) is 33.6 Å². The maximum absolute atomic E-state index is 12.1. The third kappa shape index (κ3) is 4.27. The Balaban J connectivity index is 1.98. The Morgan fingerprint density at radius 1 is 1.11 bits per heavy atom. The molecule has 1 saturated carbocycles. The summed E-state index contributed by atoms with van der Waals surface area (Å²) < 4.78 is 16.3. The van der Waals surface area contributed by atoms with Crippen LogP contribution in [-0.2, 0) is 11.0 Å². The third-order valence-corrected chi connectivity index (χ3v) is 4.79. The summed E-state index contributed by atoms with van der Waals surface area (Å²) in [6.45, 7) is 6.63. The molecule has 0 bridgehead atoms. The van der Waals surface area contributed by atoms with Crippen molar-refractivity contribution in [3.05, 3.63) is 29.8 Å². The van der Waals surface area contributed by atoms with Crippen molar-refractivity contribution in [3.8, 4) is 0 Å². The number of hydrogen-bond acceptors (Lipinski definition) is 1. The molecule has 4 atom stereocenters. The van der Waals surface area contributed by atoms with Crippen LogP contribution < -0.4 is 0 Å². The smallest absolute Gasteiger partial charge is 0.172 e. The second kappa shape index (κ2) is 6.47. The Hall–Kier alpha value is -0.960. The predicted octanol–water partition coefficient (Wildman–Crippen LogP) is 4.16. The number of benzene rings is 1. The summed E-state index contributed by atoms with van der Waals surface area (Å²) >= 11 is 0. The largest absolute Gasteiger partial charge is 0.230 e. The highest BCUT2D eigenvalue weighted by molar-refractivity contribution is 7.83. The van der Waals surface area contributed by atoms with Crippen molar-refractivity contribution in [1.29, 1.82) is 0 Å². The molecular formula is C16H23NOS. The first-order valence-electron chi connectivity index (χ1n) is 7.07. The average Bonchev–Trinajstić information content (AvgIpc) is 2.36. The molecule has 2 unspecified atom stereocenters. The first-order chi connectivity index (χ1) is 9.04. The fourth-order valence-electron chi connectivity index (χ4n) is 2.99. The molecule has 0 amide bonds. The normalized spacial score (nSPS) is 29.5. The van der Waals surface area contributed by atoms with E-state index in [4.69, 9.17) is 0 Å². The van der Waals surface area contributed by atoms with Gasteiger partial charge >= 0.3 is 0 Å². The third-order valence-electron chi connectivity index (χ3n) is 3.81. The van der Waals surface area contributed by atoms with E-state index in [1.807, 2.05) is 37.4 Å². The summed E-state index contributed by atoms with van der Waals surface area (Å²) in [5.74, 6) is 2.01. The molecule has 19 heavy (non-hydrogen) atoms. The Labute approximate surface area is 118 Å². The molecule has 1 aliphatic carbocycles. The molecule has 1 aromatic rings. The summed E-state index contributed by atoms with van der Waals surface area (Å²) in [6.07, 6.45) is 5.60. The van der Waals surface area contributed by atoms with Crippen LogP contribution >= 0.6 is 0 Å². The van der Waals surface area contributed by atoms with Crippen LogP contribution in [0, 0.1) is 24.7 Å². The minimum Gasteiger partial charge on any atom is -0.230 e. The molecule has 0 aliphatic heterocycles. The summed E-state index contributed by atoms with van der Waals surface area (Å²) in [7, 11) is -1.25. The molecule has 104 valence electrons. The van der Waals surface area contributed by atoms with Gasteiger partial charge in [0, 0.05) is 6.21 Å². The lowest BCUT2D eigenvalue weighted by atomic mass is 9.77. The standard InChI is InChI=1S/C16H23NOS/c1-12-4-6-16(7-5-12)19(18)17-11-15-9-13(2)8-14(3)10-15/h4-7,11,13-15H,8-10H2,1-3H3/b17-11-/t13-,14+,15?,19?. The number of aryl methyl sites for hydroxylation is 1. The number of rotatable bonds is 3. The quantitative estimate of drug-likeness (QED) is 0.763. The molecule has 3 heteroatoms. The lowest BCUT2D eigenvalue weighted by Gasteiger charge is -2.28. The van der Waals surface area contributed by atoms with Crippen molar-refractivity contribution in [1.82, 2.24) is 0 Å². The van der Waals surface area contributed by atoms with Crippen molar-refractivity contribution in [2.24, 2.45) is 22.2 Å². The Morgan fingerprint density at radius 3 is 2.26 bits per heavy atom. The number of nitrogens with zero attached hydrogens (tertiary/aromatic N) is 1. The van der Waals surface area contributed by atoms with Gasteiger partial charge in [-0.3, -0.25) is 0 Å². The van der Waals surface area contributed by atoms with Gasteiger partial charge in [0.2, 0.25) is 0 Å². The van der Waals surface area contributed by atoms with Crippen LogP contribution in [0.3, 0.4) is 0 Å². The van der Waals surface area contributed by atoms with Crippen LogP contribution in [-0.4, -0.2) is 10.4 Å². The van der Waals surface area contributed by atoms with E-state index in [1.165, 1.54) is 24.8 Å². The highest BCUT2D eigenvalue weighted by atomic mass is 32.2. The minimum atomic E-state index is -1.25. The van der Waals surface area contributed by atoms with E-state index in [1.54, 1.807) is 0 Å². The summed E-state index contributed by atoms with van der Waals surface area (Å²) in [5.41, 5.74) is 1.18. The highest BCUT2D eigenvalue weighted by Gasteiger charge is 2.22. The first-order valence-corrected chi connectivity index (χ1v) is 8.18. The van der Waals surface area contributed by atoms with Gasteiger partial charge in [-0.05, 0) is 56.1 Å². The molecule has 0 N–H and O–H groups in total. The SMILES string of the molecule is Cc1ccc(S(=O)/N=C\C2C[C@@H](C)C[C@@H](C)C2)cc1. The van der Waals surface area contributed by atoms with Crippen LogP contribution in [0.25, 0.3) is 0 Å². The van der Waals surface area contributed by atoms with Crippen molar-refractivity contribution in [3.63, 3.8) is 0 Å². The van der Waals surface area contributed by atoms with E-state index >= 15 is 0 Å². The van der Waals surface area contributed by atoms with E-state index in [-0.39, 0.29) is 0 Å². The van der Waals surface area contributed by atoms with Gasteiger partial charge in [-0.1, -0.05) is 31.5 Å². The van der Waals surface area contributed by atoms with E-state index in [2.05, 4.69) is 18.2 Å². The van der Waals surface area contributed by atoms with E-state index in [0.717, 1.165) is 16.7 Å². The topological polar surface area (TPSA) is 29.4 Å². The lowest BCUT2D eigenvalue weighted by molar-refractivity contribution is 0.267. The van der Waals surface area contributed by atoms with Gasteiger partial charge in [-0.15, -0.1) is 0 Å². The van der Waals surface area contributed by atoms with Crippen LogP contribution in [0.5, 0.6) is 0 Å². The van der Waals surface area contributed by atoms with Gasteiger partial charge < -0.3 is 0 Å². The molecular weight excluding hydrogens is 254 g/mol. The molecule has 2 nitrogen and oxygen atoms in total. The zero-order valence-corrected chi connectivity index (χ0v) is 12.8.